The van der Waals surface area contributed by atoms with Crippen molar-refractivity contribution in [3.8, 4) is 0 Å². The summed E-state index contributed by atoms with van der Waals surface area (Å²) in [4.78, 5) is 21.1. The molecule has 0 spiro atoms. The van der Waals surface area contributed by atoms with Gasteiger partial charge in [-0.15, -0.1) is 0 Å². The number of nitrogens with one attached hydrogen (secondary N) is 1. The van der Waals surface area contributed by atoms with Gasteiger partial charge < -0.3 is 15.8 Å². The number of amides is 1. The first-order valence-corrected chi connectivity index (χ1v) is 4.49. The third kappa shape index (κ3) is 8.73. The van der Waals surface area contributed by atoms with Gasteiger partial charge in [0, 0.05) is 25.6 Å². The Kier molecular flexibility index (Phi) is 7.45. The Morgan fingerprint density at radius 3 is 2.79 bits per heavy atom. The van der Waals surface area contributed by atoms with Crippen molar-refractivity contribution in [2.45, 2.75) is 13.3 Å². The van der Waals surface area contributed by atoms with E-state index < -0.39 is 0 Å². The van der Waals surface area contributed by atoms with Crippen LogP contribution >= 0.6 is 0 Å². The number of esters is 1. The molecule has 0 unspecified atom stereocenters. The molecule has 14 heavy (non-hydrogen) atoms. The van der Waals surface area contributed by atoms with Gasteiger partial charge in [-0.2, -0.15) is 0 Å². The fourth-order valence-corrected chi connectivity index (χ4v) is 0.743. The Morgan fingerprint density at radius 2 is 2.21 bits per heavy atom. The van der Waals surface area contributed by atoms with Gasteiger partial charge in [0.1, 0.15) is 0 Å². The minimum atomic E-state index is -0.357. The van der Waals surface area contributed by atoms with Gasteiger partial charge in [0.15, 0.2) is 0 Å². The van der Waals surface area contributed by atoms with Crippen LogP contribution in [-0.4, -0.2) is 31.6 Å². The summed E-state index contributed by atoms with van der Waals surface area (Å²) >= 11 is 0. The second-order valence-corrected chi connectivity index (χ2v) is 2.57. The normalized spacial score (nSPS) is 10.4. The highest BCUT2D eigenvalue weighted by atomic mass is 16.5. The second kappa shape index (κ2) is 8.25. The van der Waals surface area contributed by atoms with E-state index in [0.29, 0.717) is 26.1 Å². The number of nitrogens with two attached hydrogens (primary N) is 1. The molecule has 0 aliphatic carbocycles. The van der Waals surface area contributed by atoms with Crippen LogP contribution in [0.25, 0.3) is 0 Å². The number of primary amides is 1. The van der Waals surface area contributed by atoms with Crippen molar-refractivity contribution >= 4 is 11.9 Å². The van der Waals surface area contributed by atoms with Crippen LogP contribution in [0.3, 0.4) is 0 Å². The standard InChI is InChI=1S/C9H16N2O3/c1-2-14-9(13)4-3-6-11-7-5-8(10)12/h3-4,11H,2,5-7H2,1H3,(H2,10,12)/b4-3+. The van der Waals surface area contributed by atoms with Crippen LogP contribution in [0.4, 0.5) is 0 Å². The molecule has 0 atom stereocenters. The highest BCUT2D eigenvalue weighted by Gasteiger charge is 1.93. The molecule has 1 amide bonds. The highest BCUT2D eigenvalue weighted by molar-refractivity contribution is 5.81. The molecule has 0 aliphatic heterocycles. The molecule has 5 nitrogen and oxygen atoms in total. The summed E-state index contributed by atoms with van der Waals surface area (Å²) in [7, 11) is 0. The Balaban J connectivity index is 3.35. The van der Waals surface area contributed by atoms with Crippen molar-refractivity contribution in [1.82, 2.24) is 5.32 Å². The van der Waals surface area contributed by atoms with E-state index in [4.69, 9.17) is 5.73 Å². The van der Waals surface area contributed by atoms with Gasteiger partial charge >= 0.3 is 5.97 Å². The topological polar surface area (TPSA) is 81.4 Å². The van der Waals surface area contributed by atoms with Crippen LogP contribution < -0.4 is 11.1 Å². The number of hydrogen-bond donors (Lipinski definition) is 2. The summed E-state index contributed by atoms with van der Waals surface area (Å²) in [6.45, 7) is 3.16. The lowest BCUT2D eigenvalue weighted by atomic mass is 10.4. The van der Waals surface area contributed by atoms with Crippen molar-refractivity contribution in [1.29, 1.82) is 0 Å². The maximum absolute atomic E-state index is 10.8. The summed E-state index contributed by atoms with van der Waals surface area (Å²) in [5.41, 5.74) is 4.92. The predicted octanol–water partition coefficient (Wildman–Crippen LogP) is -0.429. The van der Waals surface area contributed by atoms with Crippen LogP contribution in [0.1, 0.15) is 13.3 Å². The molecule has 0 heterocycles. The van der Waals surface area contributed by atoms with Crippen molar-refractivity contribution < 1.29 is 14.3 Å². The smallest absolute Gasteiger partial charge is 0.330 e. The molecular formula is C9H16N2O3. The van der Waals surface area contributed by atoms with E-state index >= 15 is 0 Å². The number of carbonyl (C=O) groups is 2. The molecule has 0 aromatic carbocycles. The first-order chi connectivity index (χ1) is 6.66. The van der Waals surface area contributed by atoms with E-state index in [-0.39, 0.29) is 11.9 Å². The number of ether oxygens (including phenoxy) is 1. The number of carbonyl (C=O) groups excluding carboxylic acids is 2. The van der Waals surface area contributed by atoms with Gasteiger partial charge in [0.2, 0.25) is 5.91 Å². The average molecular weight is 200 g/mol. The maximum Gasteiger partial charge on any atom is 0.330 e. The van der Waals surface area contributed by atoms with Gasteiger partial charge in [-0.3, -0.25) is 4.79 Å². The SMILES string of the molecule is CCOC(=O)/C=C/CNCCC(N)=O. The van der Waals surface area contributed by atoms with E-state index in [1.807, 2.05) is 0 Å². The van der Waals surface area contributed by atoms with Gasteiger partial charge in [0.25, 0.3) is 0 Å². The molecule has 0 saturated carbocycles. The van der Waals surface area contributed by atoms with E-state index in [1.165, 1.54) is 6.08 Å². The molecule has 0 rings (SSSR count). The lowest BCUT2D eigenvalue weighted by molar-refractivity contribution is -0.137. The average Bonchev–Trinajstić information content (AvgIpc) is 2.11. The molecule has 0 aromatic rings. The van der Waals surface area contributed by atoms with Crippen molar-refractivity contribution in [3.05, 3.63) is 12.2 Å². The minimum Gasteiger partial charge on any atom is -0.463 e. The second-order valence-electron chi connectivity index (χ2n) is 2.57. The number of hydrogen-bond acceptors (Lipinski definition) is 4. The maximum atomic E-state index is 10.8. The summed E-state index contributed by atoms with van der Waals surface area (Å²) in [6.07, 6.45) is 3.28. The fourth-order valence-electron chi connectivity index (χ4n) is 0.743. The summed E-state index contributed by atoms with van der Waals surface area (Å²) in [5.74, 6) is -0.698. The van der Waals surface area contributed by atoms with Crippen LogP contribution in [0.15, 0.2) is 12.2 Å². The Hall–Kier alpha value is -1.36. The Bertz CT molecular complexity index is 214. The van der Waals surface area contributed by atoms with Gasteiger partial charge in [0.05, 0.1) is 6.61 Å². The zero-order valence-corrected chi connectivity index (χ0v) is 8.29. The molecule has 0 aromatic heterocycles. The molecular weight excluding hydrogens is 184 g/mol. The summed E-state index contributed by atoms with van der Waals surface area (Å²) in [6, 6.07) is 0. The minimum absolute atomic E-state index is 0.299. The Labute approximate surface area is 83.3 Å². The van der Waals surface area contributed by atoms with Crippen molar-refractivity contribution in [2.75, 3.05) is 19.7 Å². The summed E-state index contributed by atoms with van der Waals surface area (Å²) < 4.78 is 4.66. The first-order valence-electron chi connectivity index (χ1n) is 4.49. The highest BCUT2D eigenvalue weighted by Crippen LogP contribution is 1.80. The molecule has 3 N–H and O–H groups in total. The van der Waals surface area contributed by atoms with Crippen LogP contribution in [0.5, 0.6) is 0 Å². The predicted molar refractivity (Wildman–Crippen MR) is 52.5 cm³/mol. The molecule has 0 radical (unpaired) electrons. The largest absolute Gasteiger partial charge is 0.463 e. The van der Waals surface area contributed by atoms with Gasteiger partial charge in [-0.25, -0.2) is 4.79 Å². The third-order valence-corrected chi connectivity index (χ3v) is 1.35. The van der Waals surface area contributed by atoms with Crippen LogP contribution in [-0.2, 0) is 14.3 Å². The van der Waals surface area contributed by atoms with Crippen LogP contribution in [0, 0.1) is 0 Å². The van der Waals surface area contributed by atoms with Gasteiger partial charge in [-0.1, -0.05) is 6.08 Å². The van der Waals surface area contributed by atoms with E-state index in [1.54, 1.807) is 13.0 Å². The molecule has 0 bridgehead atoms. The Morgan fingerprint density at radius 1 is 1.50 bits per heavy atom. The van der Waals surface area contributed by atoms with E-state index in [2.05, 4.69) is 10.1 Å². The monoisotopic (exact) mass is 200 g/mol. The molecule has 0 fully saturated rings. The molecule has 5 heteroatoms. The molecule has 80 valence electrons. The van der Waals surface area contributed by atoms with Crippen molar-refractivity contribution in [3.63, 3.8) is 0 Å². The van der Waals surface area contributed by atoms with Crippen molar-refractivity contribution in [2.24, 2.45) is 5.73 Å². The third-order valence-electron chi connectivity index (χ3n) is 1.35. The zero-order valence-electron chi connectivity index (χ0n) is 8.29. The molecule has 0 aliphatic rings. The fraction of sp³-hybridized carbons (Fsp3) is 0.556. The first kappa shape index (κ1) is 12.6. The lowest BCUT2D eigenvalue weighted by Gasteiger charge is -1.98. The molecule has 0 saturated heterocycles. The van der Waals surface area contributed by atoms with E-state index in [9.17, 15) is 9.59 Å². The summed E-state index contributed by atoms with van der Waals surface area (Å²) in [5, 5.41) is 2.92. The van der Waals surface area contributed by atoms with E-state index in [0.717, 1.165) is 0 Å². The quantitative estimate of drug-likeness (QED) is 0.332. The lowest BCUT2D eigenvalue weighted by Crippen LogP contribution is -2.22. The van der Waals surface area contributed by atoms with Crippen LogP contribution in [0.2, 0.25) is 0 Å². The van der Waals surface area contributed by atoms with Gasteiger partial charge in [-0.05, 0) is 6.92 Å². The zero-order chi connectivity index (χ0) is 10.8. The number of rotatable bonds is 7.